The number of halogens is 1. The van der Waals surface area contributed by atoms with Crippen LogP contribution in [0.3, 0.4) is 0 Å². The van der Waals surface area contributed by atoms with Crippen LogP contribution in [0.2, 0.25) is 0 Å². The monoisotopic (exact) mass is 336 g/mol. The predicted molar refractivity (Wildman–Crippen MR) is 79.3 cm³/mol. The second kappa shape index (κ2) is 5.19. The molecule has 3 atom stereocenters. The predicted octanol–water partition coefficient (Wildman–Crippen LogP) is 3.96. The van der Waals surface area contributed by atoms with Gasteiger partial charge in [-0.05, 0) is 36.8 Å². The zero-order valence-electron chi connectivity index (χ0n) is 10.4. The maximum Gasteiger partial charge on any atom is 0.168 e. The number of epoxide rings is 1. The summed E-state index contributed by atoms with van der Waals surface area (Å²) in [5.74, 6) is 0. The lowest BCUT2D eigenvalue weighted by atomic mass is 10.2. The van der Waals surface area contributed by atoms with Gasteiger partial charge in [0.05, 0.1) is 10.8 Å². The van der Waals surface area contributed by atoms with Gasteiger partial charge in [0.1, 0.15) is 6.10 Å². The highest BCUT2D eigenvalue weighted by Crippen LogP contribution is 2.42. The molecule has 0 radical (unpaired) electrons. The van der Waals surface area contributed by atoms with Gasteiger partial charge in [-0.1, -0.05) is 45.8 Å². The van der Waals surface area contributed by atoms with Crippen molar-refractivity contribution >= 4 is 26.7 Å². The summed E-state index contributed by atoms with van der Waals surface area (Å²) in [7, 11) is -1.10. The SMILES string of the molecule is Cc1ccc(S(=O)[C@@H]2O[C@@H]2c2ccc(Br)cc2)cc1. The standard InChI is InChI=1S/C15H13BrO2S/c1-10-2-8-13(9-3-10)19(17)15-14(18-15)11-4-6-12(16)7-5-11/h2-9,14-15H,1H3/t14-,15+,19?/m1/s1. The molecule has 0 aliphatic carbocycles. The summed E-state index contributed by atoms with van der Waals surface area (Å²) >= 11 is 3.40. The lowest BCUT2D eigenvalue weighted by molar-refractivity contribution is 0.403. The lowest BCUT2D eigenvalue weighted by Crippen LogP contribution is -2.00. The van der Waals surface area contributed by atoms with Gasteiger partial charge < -0.3 is 4.74 Å². The van der Waals surface area contributed by atoms with E-state index >= 15 is 0 Å². The number of ether oxygens (including phenoxy) is 1. The highest BCUT2D eigenvalue weighted by Gasteiger charge is 2.45. The molecule has 1 saturated heterocycles. The van der Waals surface area contributed by atoms with Crippen molar-refractivity contribution < 1.29 is 8.95 Å². The van der Waals surface area contributed by atoms with Crippen LogP contribution in [0.25, 0.3) is 0 Å². The number of hydrogen-bond donors (Lipinski definition) is 0. The van der Waals surface area contributed by atoms with Gasteiger partial charge in [-0.15, -0.1) is 0 Å². The van der Waals surface area contributed by atoms with Crippen LogP contribution >= 0.6 is 15.9 Å². The van der Waals surface area contributed by atoms with Crippen molar-refractivity contribution in [2.45, 2.75) is 23.4 Å². The van der Waals surface area contributed by atoms with Crippen LogP contribution in [0, 0.1) is 6.92 Å². The normalized spacial score (nSPS) is 23.1. The Bertz CT molecular complexity index is 607. The highest BCUT2D eigenvalue weighted by molar-refractivity contribution is 9.10. The Labute approximate surface area is 123 Å². The van der Waals surface area contributed by atoms with Gasteiger partial charge in [0, 0.05) is 9.37 Å². The highest BCUT2D eigenvalue weighted by atomic mass is 79.9. The first-order chi connectivity index (χ1) is 9.15. The van der Waals surface area contributed by atoms with Crippen LogP contribution in [0.4, 0.5) is 0 Å². The molecule has 0 bridgehead atoms. The van der Waals surface area contributed by atoms with E-state index in [1.54, 1.807) is 0 Å². The number of hydrogen-bond acceptors (Lipinski definition) is 2. The topological polar surface area (TPSA) is 29.6 Å². The van der Waals surface area contributed by atoms with Crippen LogP contribution < -0.4 is 0 Å². The minimum absolute atomic E-state index is 0.0461. The van der Waals surface area contributed by atoms with E-state index in [0.29, 0.717) is 0 Å². The molecule has 1 aliphatic rings. The van der Waals surface area contributed by atoms with E-state index in [1.807, 2.05) is 55.5 Å². The first-order valence-corrected chi connectivity index (χ1v) is 8.04. The molecule has 1 heterocycles. The van der Waals surface area contributed by atoms with E-state index in [4.69, 9.17) is 4.74 Å². The van der Waals surface area contributed by atoms with Gasteiger partial charge in [-0.3, -0.25) is 4.21 Å². The van der Waals surface area contributed by atoms with Gasteiger partial charge >= 0.3 is 0 Å². The molecule has 0 N–H and O–H groups in total. The summed E-state index contributed by atoms with van der Waals surface area (Å²) < 4.78 is 19.0. The molecule has 0 spiro atoms. The molecule has 0 amide bonds. The van der Waals surface area contributed by atoms with E-state index in [-0.39, 0.29) is 11.5 Å². The molecular weight excluding hydrogens is 324 g/mol. The summed E-state index contributed by atoms with van der Waals surface area (Å²) in [5, 5.41) is 0. The third-order valence-corrected chi connectivity index (χ3v) is 5.16. The quantitative estimate of drug-likeness (QED) is 0.794. The van der Waals surface area contributed by atoms with Crippen molar-refractivity contribution in [1.82, 2.24) is 0 Å². The molecule has 4 heteroatoms. The van der Waals surface area contributed by atoms with E-state index < -0.39 is 10.8 Å². The summed E-state index contributed by atoms with van der Waals surface area (Å²) in [5.41, 5.74) is 2.03. The first-order valence-electron chi connectivity index (χ1n) is 6.03. The summed E-state index contributed by atoms with van der Waals surface area (Å²) in [6.45, 7) is 2.02. The Morgan fingerprint density at radius 3 is 2.32 bits per heavy atom. The van der Waals surface area contributed by atoms with Crippen molar-refractivity contribution in [3.8, 4) is 0 Å². The molecule has 1 unspecified atom stereocenters. The van der Waals surface area contributed by atoms with Crippen molar-refractivity contribution in [1.29, 1.82) is 0 Å². The number of aryl methyl sites for hydroxylation is 1. The average Bonchev–Trinajstić information content (AvgIpc) is 3.20. The Morgan fingerprint density at radius 1 is 1.05 bits per heavy atom. The molecule has 98 valence electrons. The maximum absolute atomic E-state index is 12.3. The van der Waals surface area contributed by atoms with Gasteiger partial charge in [0.15, 0.2) is 5.44 Å². The molecular formula is C15H13BrO2S. The van der Waals surface area contributed by atoms with Gasteiger partial charge in [0.25, 0.3) is 0 Å². The summed E-state index contributed by atoms with van der Waals surface area (Å²) in [4.78, 5) is 0.829. The number of rotatable bonds is 3. The van der Waals surface area contributed by atoms with Crippen LogP contribution in [-0.4, -0.2) is 9.64 Å². The van der Waals surface area contributed by atoms with Gasteiger partial charge in [-0.25, -0.2) is 0 Å². The Kier molecular flexibility index (Phi) is 3.56. The van der Waals surface area contributed by atoms with Crippen LogP contribution in [0.1, 0.15) is 17.2 Å². The lowest BCUT2D eigenvalue weighted by Gasteiger charge is -2.00. The van der Waals surface area contributed by atoms with E-state index in [9.17, 15) is 4.21 Å². The number of benzene rings is 2. The molecule has 0 saturated carbocycles. The first kappa shape index (κ1) is 13.0. The van der Waals surface area contributed by atoms with Crippen LogP contribution in [0.5, 0.6) is 0 Å². The fourth-order valence-electron chi connectivity index (χ4n) is 1.96. The zero-order chi connectivity index (χ0) is 13.4. The molecule has 2 aromatic rings. The smallest absolute Gasteiger partial charge is 0.168 e. The zero-order valence-corrected chi connectivity index (χ0v) is 12.8. The van der Waals surface area contributed by atoms with Crippen molar-refractivity contribution in [2.24, 2.45) is 0 Å². The summed E-state index contributed by atoms with van der Waals surface area (Å²) in [6, 6.07) is 15.7. The van der Waals surface area contributed by atoms with Crippen molar-refractivity contribution in [2.75, 3.05) is 0 Å². The van der Waals surface area contributed by atoms with Crippen LogP contribution in [0.15, 0.2) is 57.9 Å². The summed E-state index contributed by atoms with van der Waals surface area (Å²) in [6.07, 6.45) is -0.0461. The molecule has 1 fully saturated rings. The molecule has 0 aromatic heterocycles. The third-order valence-electron chi connectivity index (χ3n) is 3.11. The minimum Gasteiger partial charge on any atom is -0.350 e. The fraction of sp³-hybridized carbons (Fsp3) is 0.200. The van der Waals surface area contributed by atoms with Crippen LogP contribution in [-0.2, 0) is 15.5 Å². The van der Waals surface area contributed by atoms with E-state index in [0.717, 1.165) is 14.9 Å². The molecule has 19 heavy (non-hydrogen) atoms. The van der Waals surface area contributed by atoms with Crippen molar-refractivity contribution in [3.05, 3.63) is 64.1 Å². The molecule has 2 aromatic carbocycles. The second-order valence-corrected chi connectivity index (χ2v) is 7.03. The van der Waals surface area contributed by atoms with E-state index in [2.05, 4.69) is 15.9 Å². The molecule has 3 rings (SSSR count). The van der Waals surface area contributed by atoms with Gasteiger partial charge in [-0.2, -0.15) is 0 Å². The third kappa shape index (κ3) is 2.81. The largest absolute Gasteiger partial charge is 0.350 e. The minimum atomic E-state index is -1.10. The molecule has 1 aliphatic heterocycles. The van der Waals surface area contributed by atoms with Crippen molar-refractivity contribution in [3.63, 3.8) is 0 Å². The Morgan fingerprint density at radius 2 is 1.68 bits per heavy atom. The average molecular weight is 337 g/mol. The Balaban J connectivity index is 1.74. The Hall–Kier alpha value is -0.970. The fourth-order valence-corrected chi connectivity index (χ4v) is 3.50. The van der Waals surface area contributed by atoms with E-state index in [1.165, 1.54) is 5.56 Å². The second-order valence-electron chi connectivity index (χ2n) is 4.59. The maximum atomic E-state index is 12.3. The van der Waals surface area contributed by atoms with Gasteiger partial charge in [0.2, 0.25) is 0 Å². The molecule has 2 nitrogen and oxygen atoms in total.